The van der Waals surface area contributed by atoms with Crippen LogP contribution < -0.4 is 0 Å². The average molecular weight is 341 g/mol. The summed E-state index contributed by atoms with van der Waals surface area (Å²) in [5, 5.41) is 15.4. The number of amides is 1. The molecule has 0 aliphatic heterocycles. The van der Waals surface area contributed by atoms with Gasteiger partial charge < -0.3 is 10.0 Å². The van der Waals surface area contributed by atoms with E-state index in [1.807, 2.05) is 54.0 Å². The van der Waals surface area contributed by atoms with Crippen LogP contribution in [0.3, 0.4) is 0 Å². The molecule has 0 spiro atoms. The minimum absolute atomic E-state index is 0.0528. The van der Waals surface area contributed by atoms with E-state index in [1.54, 1.807) is 27.1 Å². The number of aromatic nitrogens is 2. The molecule has 0 saturated carbocycles. The van der Waals surface area contributed by atoms with Gasteiger partial charge in [0.15, 0.2) is 0 Å². The summed E-state index contributed by atoms with van der Waals surface area (Å²) in [5.41, 5.74) is 1.36. The molecule has 1 amide bonds. The summed E-state index contributed by atoms with van der Waals surface area (Å²) in [6.07, 6.45) is 4.07. The van der Waals surface area contributed by atoms with Crippen molar-refractivity contribution in [2.75, 3.05) is 13.2 Å². The summed E-state index contributed by atoms with van der Waals surface area (Å²) in [6, 6.07) is 13.3. The predicted molar refractivity (Wildman–Crippen MR) is 94.3 cm³/mol. The van der Waals surface area contributed by atoms with Gasteiger partial charge in [-0.3, -0.25) is 4.79 Å². The van der Waals surface area contributed by atoms with Gasteiger partial charge in [0.05, 0.1) is 17.8 Å². The normalized spacial score (nSPS) is 10.7. The molecule has 0 fully saturated rings. The number of aliphatic hydroxyl groups excluding tert-OH is 1. The van der Waals surface area contributed by atoms with Crippen LogP contribution in [0.25, 0.3) is 5.69 Å². The van der Waals surface area contributed by atoms with E-state index < -0.39 is 0 Å². The highest BCUT2D eigenvalue weighted by Crippen LogP contribution is 2.19. The van der Waals surface area contributed by atoms with Crippen LogP contribution in [-0.2, 0) is 6.54 Å². The number of carbonyl (C=O) groups is 1. The first-order valence-corrected chi connectivity index (χ1v) is 8.69. The lowest BCUT2D eigenvalue weighted by Crippen LogP contribution is -2.32. The van der Waals surface area contributed by atoms with Crippen molar-refractivity contribution >= 4 is 17.2 Å². The van der Waals surface area contributed by atoms with Crippen molar-refractivity contribution in [2.45, 2.75) is 13.0 Å². The number of para-hydroxylation sites is 1. The Labute approximate surface area is 144 Å². The van der Waals surface area contributed by atoms with Crippen molar-refractivity contribution < 1.29 is 9.90 Å². The molecule has 0 saturated heterocycles. The molecule has 0 unspecified atom stereocenters. The van der Waals surface area contributed by atoms with Crippen molar-refractivity contribution in [2.24, 2.45) is 0 Å². The summed E-state index contributed by atoms with van der Waals surface area (Å²) in [4.78, 5) is 16.0. The average Bonchev–Trinajstić information content (AvgIpc) is 3.31. The van der Waals surface area contributed by atoms with Gasteiger partial charge in [-0.25, -0.2) is 4.68 Å². The van der Waals surface area contributed by atoms with Crippen LogP contribution in [0.15, 0.2) is 60.2 Å². The minimum atomic E-state index is -0.0528. The van der Waals surface area contributed by atoms with Crippen LogP contribution in [0.4, 0.5) is 0 Å². The third-order valence-electron chi connectivity index (χ3n) is 3.69. The Bertz CT molecular complexity index is 769. The van der Waals surface area contributed by atoms with Crippen LogP contribution in [-0.4, -0.2) is 38.8 Å². The molecule has 0 atom stereocenters. The number of nitrogens with zero attached hydrogens (tertiary/aromatic N) is 3. The van der Waals surface area contributed by atoms with Gasteiger partial charge in [-0.15, -0.1) is 11.3 Å². The number of hydrogen-bond acceptors (Lipinski definition) is 4. The Morgan fingerprint density at radius 3 is 2.79 bits per heavy atom. The van der Waals surface area contributed by atoms with Gasteiger partial charge in [-0.2, -0.15) is 5.10 Å². The molecule has 1 aromatic carbocycles. The zero-order chi connectivity index (χ0) is 16.8. The molecule has 2 heterocycles. The van der Waals surface area contributed by atoms with Gasteiger partial charge in [-0.1, -0.05) is 18.2 Å². The second-order valence-electron chi connectivity index (χ2n) is 5.35. The Hall–Kier alpha value is -2.44. The van der Waals surface area contributed by atoms with Crippen molar-refractivity contribution in [3.63, 3.8) is 0 Å². The van der Waals surface area contributed by atoms with Gasteiger partial charge in [0.2, 0.25) is 0 Å². The second kappa shape index (κ2) is 7.90. The maximum atomic E-state index is 13.1. The SMILES string of the molecule is O=C(c1ccccc1-n1cccn1)N(CCCO)Cc1cccs1. The number of carbonyl (C=O) groups excluding carboxylic acids is 1. The zero-order valence-corrected chi connectivity index (χ0v) is 14.0. The standard InChI is InChI=1S/C18H19N3O2S/c22-12-5-10-20(14-15-6-3-13-24-15)18(23)16-7-1-2-8-17(16)21-11-4-9-19-21/h1-4,6-9,11,13,22H,5,10,12,14H2. The molecule has 3 rings (SSSR count). The van der Waals surface area contributed by atoms with Crippen LogP contribution in [0.5, 0.6) is 0 Å². The Morgan fingerprint density at radius 1 is 1.21 bits per heavy atom. The minimum Gasteiger partial charge on any atom is -0.396 e. The lowest BCUT2D eigenvalue weighted by atomic mass is 10.1. The van der Waals surface area contributed by atoms with E-state index in [0.717, 1.165) is 10.6 Å². The van der Waals surface area contributed by atoms with Crippen LogP contribution in [0.2, 0.25) is 0 Å². The van der Waals surface area contributed by atoms with Crippen molar-refractivity contribution in [1.82, 2.24) is 14.7 Å². The second-order valence-corrected chi connectivity index (χ2v) is 6.38. The third kappa shape index (κ3) is 3.72. The van der Waals surface area contributed by atoms with Crippen molar-refractivity contribution in [3.8, 4) is 5.69 Å². The fourth-order valence-corrected chi connectivity index (χ4v) is 3.26. The largest absolute Gasteiger partial charge is 0.396 e. The molecular weight excluding hydrogens is 322 g/mol. The lowest BCUT2D eigenvalue weighted by molar-refractivity contribution is 0.0733. The molecule has 124 valence electrons. The zero-order valence-electron chi connectivity index (χ0n) is 13.2. The maximum Gasteiger partial charge on any atom is 0.256 e. The molecule has 0 radical (unpaired) electrons. The van der Waals surface area contributed by atoms with Gasteiger partial charge >= 0.3 is 0 Å². The smallest absolute Gasteiger partial charge is 0.256 e. The van der Waals surface area contributed by atoms with E-state index in [9.17, 15) is 4.79 Å². The summed E-state index contributed by atoms with van der Waals surface area (Å²) >= 11 is 1.63. The van der Waals surface area contributed by atoms with E-state index in [1.165, 1.54) is 0 Å². The molecule has 24 heavy (non-hydrogen) atoms. The molecule has 0 aliphatic rings. The van der Waals surface area contributed by atoms with Gasteiger partial charge in [-0.05, 0) is 36.1 Å². The van der Waals surface area contributed by atoms with Crippen LogP contribution in [0, 0.1) is 0 Å². The predicted octanol–water partition coefficient (Wildman–Crippen LogP) is 2.96. The van der Waals surface area contributed by atoms with Crippen LogP contribution in [0.1, 0.15) is 21.7 Å². The molecule has 0 aliphatic carbocycles. The van der Waals surface area contributed by atoms with E-state index >= 15 is 0 Å². The highest BCUT2D eigenvalue weighted by Gasteiger charge is 2.20. The van der Waals surface area contributed by atoms with Gasteiger partial charge in [0, 0.05) is 30.4 Å². The van der Waals surface area contributed by atoms with E-state index in [-0.39, 0.29) is 12.5 Å². The van der Waals surface area contributed by atoms with Gasteiger partial charge in [0.25, 0.3) is 5.91 Å². The quantitative estimate of drug-likeness (QED) is 0.719. The molecule has 1 N–H and O–H groups in total. The molecule has 2 aromatic heterocycles. The highest BCUT2D eigenvalue weighted by molar-refractivity contribution is 7.09. The summed E-state index contributed by atoms with van der Waals surface area (Å²) < 4.78 is 1.70. The molecule has 3 aromatic rings. The van der Waals surface area contributed by atoms with Crippen LogP contribution >= 0.6 is 11.3 Å². The lowest BCUT2D eigenvalue weighted by Gasteiger charge is -2.23. The first kappa shape index (κ1) is 16.4. The number of aliphatic hydroxyl groups is 1. The van der Waals surface area contributed by atoms with E-state index in [0.29, 0.717) is 25.1 Å². The number of benzene rings is 1. The van der Waals surface area contributed by atoms with Crippen molar-refractivity contribution in [3.05, 3.63) is 70.7 Å². The Morgan fingerprint density at radius 2 is 2.08 bits per heavy atom. The first-order valence-electron chi connectivity index (χ1n) is 7.81. The number of thiophene rings is 1. The Kier molecular flexibility index (Phi) is 5.40. The third-order valence-corrected chi connectivity index (χ3v) is 4.55. The highest BCUT2D eigenvalue weighted by atomic mass is 32.1. The maximum absolute atomic E-state index is 13.1. The first-order chi connectivity index (χ1) is 11.8. The summed E-state index contributed by atoms with van der Waals surface area (Å²) in [7, 11) is 0. The van der Waals surface area contributed by atoms with Gasteiger partial charge in [0.1, 0.15) is 0 Å². The molecule has 6 heteroatoms. The fraction of sp³-hybridized carbons (Fsp3) is 0.222. The fourth-order valence-electron chi connectivity index (χ4n) is 2.54. The molecule has 0 bridgehead atoms. The molecular formula is C18H19N3O2S. The Balaban J connectivity index is 1.89. The monoisotopic (exact) mass is 341 g/mol. The van der Waals surface area contributed by atoms with Crippen molar-refractivity contribution in [1.29, 1.82) is 0 Å². The summed E-state index contributed by atoms with van der Waals surface area (Å²) in [5.74, 6) is -0.0528. The van der Waals surface area contributed by atoms with E-state index in [2.05, 4.69) is 5.10 Å². The number of hydrogen-bond donors (Lipinski definition) is 1. The number of rotatable bonds is 7. The topological polar surface area (TPSA) is 58.4 Å². The van der Waals surface area contributed by atoms with E-state index in [4.69, 9.17) is 5.11 Å². The molecule has 5 nitrogen and oxygen atoms in total. The summed E-state index contributed by atoms with van der Waals surface area (Å²) in [6.45, 7) is 1.12.